The van der Waals surface area contributed by atoms with Crippen molar-refractivity contribution in [3.05, 3.63) is 11.1 Å². The molecule has 15 heavy (non-hydrogen) atoms. The second-order valence-electron chi connectivity index (χ2n) is 3.57. The molecule has 0 aliphatic carbocycles. The third kappa shape index (κ3) is 9.80. The maximum atomic E-state index is 11.2. The molecule has 0 amide bonds. The monoisotopic (exact) mass is 232 g/mol. The van der Waals surface area contributed by atoms with Crippen LogP contribution in [-0.2, 0) is 9.53 Å². The van der Waals surface area contributed by atoms with Gasteiger partial charge in [-0.2, -0.15) is 0 Å². The van der Waals surface area contributed by atoms with Crippen LogP contribution in [0, 0.1) is 0 Å². The number of ether oxygens (including phenoxy) is 1. The van der Waals surface area contributed by atoms with Crippen LogP contribution in [0.2, 0.25) is 0 Å². The summed E-state index contributed by atoms with van der Waals surface area (Å²) >= 11 is 5.88. The van der Waals surface area contributed by atoms with Gasteiger partial charge in [0.15, 0.2) is 0 Å². The number of carbonyl (C=O) groups excluding carboxylic acids is 1. The fourth-order valence-electron chi connectivity index (χ4n) is 1.10. The van der Waals surface area contributed by atoms with E-state index >= 15 is 0 Å². The summed E-state index contributed by atoms with van der Waals surface area (Å²) in [7, 11) is 0. The molecule has 0 radical (unpaired) electrons. The Hall–Kier alpha value is -0.500. The number of hydrogen-bond acceptors (Lipinski definition) is 2. The highest BCUT2D eigenvalue weighted by molar-refractivity contribution is 6.30. The molecule has 3 heteroatoms. The van der Waals surface area contributed by atoms with Crippen molar-refractivity contribution in [1.29, 1.82) is 0 Å². The van der Waals surface area contributed by atoms with E-state index in [1.54, 1.807) is 0 Å². The Kier molecular flexibility index (Phi) is 9.70. The number of esters is 1. The van der Waals surface area contributed by atoms with E-state index in [-0.39, 0.29) is 5.97 Å². The summed E-state index contributed by atoms with van der Waals surface area (Å²) in [5, 5.41) is 0.602. The van der Waals surface area contributed by atoms with Crippen LogP contribution in [-0.4, -0.2) is 12.6 Å². The largest absolute Gasteiger partial charge is 0.463 e. The molecule has 0 fully saturated rings. The average Bonchev–Trinajstić information content (AvgIpc) is 2.18. The quantitative estimate of drug-likeness (QED) is 0.359. The fraction of sp³-hybridized carbons (Fsp3) is 0.750. The minimum Gasteiger partial charge on any atom is -0.463 e. The SMILES string of the molecule is CCCCC/C(Cl)=C/C(=O)OCCCC. The lowest BCUT2D eigenvalue weighted by molar-refractivity contribution is -0.137. The summed E-state index contributed by atoms with van der Waals surface area (Å²) < 4.78 is 4.96. The van der Waals surface area contributed by atoms with Crippen LogP contribution in [0.4, 0.5) is 0 Å². The van der Waals surface area contributed by atoms with Crippen molar-refractivity contribution in [3.8, 4) is 0 Å². The second kappa shape index (κ2) is 10.0. The fourth-order valence-corrected chi connectivity index (χ4v) is 1.33. The smallest absolute Gasteiger partial charge is 0.331 e. The van der Waals surface area contributed by atoms with Gasteiger partial charge in [0.25, 0.3) is 0 Å². The highest BCUT2D eigenvalue weighted by atomic mass is 35.5. The minimum absolute atomic E-state index is 0.315. The van der Waals surface area contributed by atoms with E-state index in [9.17, 15) is 4.79 Å². The van der Waals surface area contributed by atoms with Gasteiger partial charge < -0.3 is 4.74 Å². The second-order valence-corrected chi connectivity index (χ2v) is 4.05. The molecule has 0 aromatic carbocycles. The number of unbranched alkanes of at least 4 members (excludes halogenated alkanes) is 3. The number of hydrogen-bond donors (Lipinski definition) is 0. The number of rotatable bonds is 8. The van der Waals surface area contributed by atoms with E-state index in [1.807, 2.05) is 0 Å². The molecule has 0 saturated heterocycles. The van der Waals surface area contributed by atoms with Gasteiger partial charge in [-0.1, -0.05) is 44.7 Å². The Bertz CT molecular complexity index is 200. The van der Waals surface area contributed by atoms with Crippen molar-refractivity contribution < 1.29 is 9.53 Å². The third-order valence-corrected chi connectivity index (χ3v) is 2.33. The van der Waals surface area contributed by atoms with Crippen LogP contribution in [0.15, 0.2) is 11.1 Å². The van der Waals surface area contributed by atoms with Crippen molar-refractivity contribution in [2.24, 2.45) is 0 Å². The lowest BCUT2D eigenvalue weighted by atomic mass is 10.2. The molecule has 0 aliphatic heterocycles. The Morgan fingerprint density at radius 3 is 2.47 bits per heavy atom. The van der Waals surface area contributed by atoms with E-state index in [0.717, 1.165) is 38.5 Å². The molecule has 0 aromatic rings. The van der Waals surface area contributed by atoms with Gasteiger partial charge in [0.1, 0.15) is 0 Å². The van der Waals surface area contributed by atoms with Gasteiger partial charge in [0.2, 0.25) is 0 Å². The molecule has 2 nitrogen and oxygen atoms in total. The lowest BCUT2D eigenvalue weighted by Crippen LogP contribution is -2.02. The van der Waals surface area contributed by atoms with Crippen LogP contribution in [0.3, 0.4) is 0 Å². The predicted molar refractivity (Wildman–Crippen MR) is 63.9 cm³/mol. The van der Waals surface area contributed by atoms with Gasteiger partial charge in [-0.15, -0.1) is 0 Å². The van der Waals surface area contributed by atoms with Crippen molar-refractivity contribution >= 4 is 17.6 Å². The van der Waals surface area contributed by atoms with Crippen molar-refractivity contribution in [2.45, 2.75) is 52.4 Å². The van der Waals surface area contributed by atoms with Gasteiger partial charge in [0.05, 0.1) is 6.61 Å². The zero-order valence-corrected chi connectivity index (χ0v) is 10.5. The third-order valence-electron chi connectivity index (χ3n) is 2.04. The van der Waals surface area contributed by atoms with E-state index in [4.69, 9.17) is 16.3 Å². The Balaban J connectivity index is 3.65. The first-order valence-electron chi connectivity index (χ1n) is 5.73. The number of allylic oxidation sites excluding steroid dienone is 1. The predicted octanol–water partition coefficient (Wildman–Crippen LogP) is 4.03. The summed E-state index contributed by atoms with van der Waals surface area (Å²) in [6.07, 6.45) is 7.45. The van der Waals surface area contributed by atoms with Crippen molar-refractivity contribution in [1.82, 2.24) is 0 Å². The first-order valence-corrected chi connectivity index (χ1v) is 6.11. The van der Waals surface area contributed by atoms with Crippen molar-refractivity contribution in [2.75, 3.05) is 6.61 Å². The normalized spacial score (nSPS) is 11.5. The van der Waals surface area contributed by atoms with Crippen LogP contribution < -0.4 is 0 Å². The first kappa shape index (κ1) is 14.5. The van der Waals surface area contributed by atoms with Gasteiger partial charge in [-0.05, 0) is 19.3 Å². The molecule has 0 bridgehead atoms. The molecule has 0 heterocycles. The molecule has 0 aliphatic rings. The maximum Gasteiger partial charge on any atom is 0.331 e. The molecule has 0 rings (SSSR count). The molecule has 0 saturated carbocycles. The van der Waals surface area contributed by atoms with Gasteiger partial charge in [-0.3, -0.25) is 0 Å². The lowest BCUT2D eigenvalue weighted by Gasteiger charge is -2.01. The highest BCUT2D eigenvalue weighted by Crippen LogP contribution is 2.12. The van der Waals surface area contributed by atoms with E-state index in [1.165, 1.54) is 6.08 Å². The summed E-state index contributed by atoms with van der Waals surface area (Å²) in [6, 6.07) is 0. The molecular formula is C12H21ClO2. The zero-order valence-electron chi connectivity index (χ0n) is 9.72. The van der Waals surface area contributed by atoms with Crippen molar-refractivity contribution in [3.63, 3.8) is 0 Å². The standard InChI is InChI=1S/C12H21ClO2/c1-3-5-7-8-11(13)10-12(14)15-9-6-4-2/h10H,3-9H2,1-2H3/b11-10-. The Morgan fingerprint density at radius 2 is 1.87 bits per heavy atom. The molecule has 0 aromatic heterocycles. The van der Waals surface area contributed by atoms with Crippen LogP contribution in [0.25, 0.3) is 0 Å². The summed E-state index contributed by atoms with van der Waals surface area (Å²) in [4.78, 5) is 11.2. The number of carbonyl (C=O) groups is 1. The molecule has 0 unspecified atom stereocenters. The van der Waals surface area contributed by atoms with Gasteiger partial charge in [-0.25, -0.2) is 4.79 Å². The van der Waals surface area contributed by atoms with E-state index in [2.05, 4.69) is 13.8 Å². The van der Waals surface area contributed by atoms with Gasteiger partial charge in [0, 0.05) is 11.1 Å². The number of halogens is 1. The van der Waals surface area contributed by atoms with Crippen LogP contribution in [0.5, 0.6) is 0 Å². The maximum absolute atomic E-state index is 11.2. The summed E-state index contributed by atoms with van der Waals surface area (Å²) in [6.45, 7) is 4.68. The molecule has 0 atom stereocenters. The topological polar surface area (TPSA) is 26.3 Å². The summed E-state index contributed by atoms with van der Waals surface area (Å²) in [5.74, 6) is -0.315. The van der Waals surface area contributed by atoms with Crippen LogP contribution in [0.1, 0.15) is 52.4 Å². The molecule has 0 spiro atoms. The first-order chi connectivity index (χ1) is 7.20. The Morgan fingerprint density at radius 1 is 1.20 bits per heavy atom. The minimum atomic E-state index is -0.315. The van der Waals surface area contributed by atoms with E-state index in [0.29, 0.717) is 11.6 Å². The van der Waals surface area contributed by atoms with Gasteiger partial charge >= 0.3 is 5.97 Å². The highest BCUT2D eigenvalue weighted by Gasteiger charge is 2.00. The molecule has 0 N–H and O–H groups in total. The van der Waals surface area contributed by atoms with Crippen LogP contribution >= 0.6 is 11.6 Å². The average molecular weight is 233 g/mol. The van der Waals surface area contributed by atoms with E-state index < -0.39 is 0 Å². The Labute approximate surface area is 97.6 Å². The summed E-state index contributed by atoms with van der Waals surface area (Å²) in [5.41, 5.74) is 0. The zero-order chi connectivity index (χ0) is 11.5. The molecule has 88 valence electrons. The molecular weight excluding hydrogens is 212 g/mol.